The van der Waals surface area contributed by atoms with Crippen LogP contribution in [0.25, 0.3) is 22.0 Å². The van der Waals surface area contributed by atoms with Gasteiger partial charge in [0.2, 0.25) is 5.71 Å². The molecule has 2 N–H and O–H groups in total. The zero-order valence-electron chi connectivity index (χ0n) is 14.6. The van der Waals surface area contributed by atoms with Crippen LogP contribution in [0.5, 0.6) is 0 Å². The minimum atomic E-state index is -0.453. The third-order valence-electron chi connectivity index (χ3n) is 4.28. The minimum Gasteiger partial charge on any atom is -0.442 e. The molecule has 3 aromatic heterocycles. The molecule has 4 aromatic rings. The highest BCUT2D eigenvalue weighted by molar-refractivity contribution is 6.06. The van der Waals surface area contributed by atoms with Crippen molar-refractivity contribution in [2.75, 3.05) is 7.05 Å². The van der Waals surface area contributed by atoms with Crippen LogP contribution in [0.2, 0.25) is 0 Å². The molecule has 0 unspecified atom stereocenters. The Labute approximate surface area is 151 Å². The van der Waals surface area contributed by atoms with Gasteiger partial charge in [-0.05, 0) is 19.1 Å². The number of para-hydroxylation sites is 1. The molecule has 0 aliphatic rings. The molecule has 0 saturated carbocycles. The molecule has 0 atom stereocenters. The number of nitrogens with one attached hydrogen (secondary N) is 2. The summed E-state index contributed by atoms with van der Waals surface area (Å²) in [6.45, 7) is 1.65. The van der Waals surface area contributed by atoms with Crippen molar-refractivity contribution in [3.63, 3.8) is 0 Å². The van der Waals surface area contributed by atoms with Gasteiger partial charge in [-0.3, -0.25) is 14.4 Å². The number of nitrogens with zero attached hydrogens (tertiary/aromatic N) is 3. The SMILES string of the molecule is Cc1oc2nc[nH]c(=O)c2c1C(=O)N(C)Cc1nc2ccccc2c(=O)[nH]1. The first-order chi connectivity index (χ1) is 13.0. The Morgan fingerprint density at radius 2 is 2.00 bits per heavy atom. The molecule has 4 rings (SSSR count). The molecule has 0 radical (unpaired) electrons. The molecule has 1 aromatic carbocycles. The molecule has 1 amide bonds. The predicted octanol–water partition coefficient (Wildman–Crippen LogP) is 1.33. The van der Waals surface area contributed by atoms with Crippen molar-refractivity contribution in [1.82, 2.24) is 24.8 Å². The summed E-state index contributed by atoms with van der Waals surface area (Å²) in [5, 5.41) is 0.580. The first-order valence-corrected chi connectivity index (χ1v) is 8.16. The Morgan fingerprint density at radius 1 is 1.22 bits per heavy atom. The minimum absolute atomic E-state index is 0.0587. The quantitative estimate of drug-likeness (QED) is 0.564. The number of H-pyrrole nitrogens is 2. The van der Waals surface area contributed by atoms with Crippen LogP contribution < -0.4 is 11.1 Å². The summed E-state index contributed by atoms with van der Waals surface area (Å²) in [4.78, 5) is 52.0. The zero-order valence-corrected chi connectivity index (χ0v) is 14.6. The molecule has 0 fully saturated rings. The van der Waals surface area contributed by atoms with Crippen molar-refractivity contribution in [3.05, 3.63) is 68.4 Å². The first kappa shape index (κ1) is 16.7. The Bertz CT molecular complexity index is 1300. The maximum Gasteiger partial charge on any atom is 0.262 e. The van der Waals surface area contributed by atoms with E-state index in [-0.39, 0.29) is 28.8 Å². The molecule has 9 heteroatoms. The van der Waals surface area contributed by atoms with Crippen LogP contribution in [0, 0.1) is 6.92 Å². The maximum absolute atomic E-state index is 12.9. The highest BCUT2D eigenvalue weighted by Crippen LogP contribution is 2.22. The van der Waals surface area contributed by atoms with Gasteiger partial charge in [0.05, 0.1) is 29.3 Å². The van der Waals surface area contributed by atoms with Crippen molar-refractivity contribution in [2.45, 2.75) is 13.5 Å². The zero-order chi connectivity index (χ0) is 19.1. The third-order valence-corrected chi connectivity index (χ3v) is 4.28. The van der Waals surface area contributed by atoms with E-state index in [1.54, 1.807) is 38.2 Å². The number of carbonyl (C=O) groups is 1. The number of hydrogen-bond donors (Lipinski definition) is 2. The summed E-state index contributed by atoms with van der Waals surface area (Å²) in [6.07, 6.45) is 1.22. The molecular formula is C18H15N5O4. The fourth-order valence-corrected chi connectivity index (χ4v) is 3.01. The number of aryl methyl sites for hydroxylation is 1. The van der Waals surface area contributed by atoms with E-state index in [1.165, 1.54) is 11.2 Å². The number of furan rings is 1. The lowest BCUT2D eigenvalue weighted by molar-refractivity contribution is 0.0781. The summed E-state index contributed by atoms with van der Waals surface area (Å²) in [5.74, 6) is 0.207. The second-order valence-corrected chi connectivity index (χ2v) is 6.14. The second kappa shape index (κ2) is 6.20. The molecule has 0 aliphatic carbocycles. The van der Waals surface area contributed by atoms with Crippen molar-refractivity contribution in [3.8, 4) is 0 Å². The highest BCUT2D eigenvalue weighted by atomic mass is 16.3. The Hall–Kier alpha value is -3.75. The van der Waals surface area contributed by atoms with E-state index in [2.05, 4.69) is 19.9 Å². The molecule has 0 saturated heterocycles. The number of benzene rings is 1. The smallest absolute Gasteiger partial charge is 0.262 e. The van der Waals surface area contributed by atoms with E-state index in [9.17, 15) is 14.4 Å². The van der Waals surface area contributed by atoms with Gasteiger partial charge >= 0.3 is 0 Å². The molecule has 0 bridgehead atoms. The maximum atomic E-state index is 12.9. The normalized spacial score (nSPS) is 11.2. The Kier molecular flexibility index (Phi) is 3.84. The highest BCUT2D eigenvalue weighted by Gasteiger charge is 2.24. The second-order valence-electron chi connectivity index (χ2n) is 6.14. The molecule has 0 spiro atoms. The Balaban J connectivity index is 1.71. The topological polar surface area (TPSA) is 125 Å². The standard InChI is InChI=1S/C18H15N5O4/c1-9-13(14-16(25)19-8-20-17(14)27-9)18(26)23(2)7-12-21-11-6-4-3-5-10(11)15(24)22-12/h3-6,8H,7H2,1-2H3,(H,19,20,25)(H,21,22,24). The van der Waals surface area contributed by atoms with Crippen LogP contribution in [0.3, 0.4) is 0 Å². The van der Waals surface area contributed by atoms with Gasteiger partial charge in [-0.1, -0.05) is 12.1 Å². The van der Waals surface area contributed by atoms with Gasteiger partial charge in [0.25, 0.3) is 17.0 Å². The molecule has 9 nitrogen and oxygen atoms in total. The van der Waals surface area contributed by atoms with Crippen LogP contribution in [0.4, 0.5) is 0 Å². The van der Waals surface area contributed by atoms with E-state index >= 15 is 0 Å². The first-order valence-electron chi connectivity index (χ1n) is 8.16. The lowest BCUT2D eigenvalue weighted by Gasteiger charge is -2.16. The number of fused-ring (bicyclic) bond motifs is 2. The monoisotopic (exact) mass is 365 g/mol. The van der Waals surface area contributed by atoms with E-state index < -0.39 is 11.5 Å². The molecular weight excluding hydrogens is 350 g/mol. The van der Waals surface area contributed by atoms with Gasteiger partial charge in [-0.2, -0.15) is 0 Å². The van der Waals surface area contributed by atoms with Gasteiger partial charge in [-0.15, -0.1) is 0 Å². The van der Waals surface area contributed by atoms with Gasteiger partial charge < -0.3 is 19.3 Å². The summed E-state index contributed by atoms with van der Waals surface area (Å²) in [7, 11) is 1.56. The fraction of sp³-hybridized carbons (Fsp3) is 0.167. The average Bonchev–Trinajstić information content (AvgIpc) is 2.98. The molecule has 3 heterocycles. The van der Waals surface area contributed by atoms with E-state index in [0.717, 1.165) is 0 Å². The summed E-state index contributed by atoms with van der Waals surface area (Å²) < 4.78 is 5.43. The van der Waals surface area contributed by atoms with E-state index in [0.29, 0.717) is 22.5 Å². The molecule has 27 heavy (non-hydrogen) atoms. The third kappa shape index (κ3) is 2.78. The van der Waals surface area contributed by atoms with Crippen molar-refractivity contribution in [2.24, 2.45) is 0 Å². The molecule has 136 valence electrons. The lowest BCUT2D eigenvalue weighted by Crippen LogP contribution is -2.29. The number of amides is 1. The average molecular weight is 365 g/mol. The summed E-state index contributed by atoms with van der Waals surface area (Å²) in [6, 6.07) is 6.95. The number of aromatic nitrogens is 4. The van der Waals surface area contributed by atoms with Crippen LogP contribution in [-0.4, -0.2) is 37.8 Å². The largest absolute Gasteiger partial charge is 0.442 e. The van der Waals surface area contributed by atoms with Gasteiger partial charge in [0.1, 0.15) is 17.0 Å². The van der Waals surface area contributed by atoms with Crippen LogP contribution in [0.15, 0.2) is 44.6 Å². The molecule has 0 aliphatic heterocycles. The Morgan fingerprint density at radius 3 is 2.81 bits per heavy atom. The number of aromatic amines is 2. The van der Waals surface area contributed by atoms with Crippen molar-refractivity contribution in [1.29, 1.82) is 0 Å². The number of hydrogen-bond acceptors (Lipinski definition) is 6. The van der Waals surface area contributed by atoms with Gasteiger partial charge in [0.15, 0.2) is 0 Å². The van der Waals surface area contributed by atoms with Gasteiger partial charge in [0, 0.05) is 7.05 Å². The van der Waals surface area contributed by atoms with Crippen molar-refractivity contribution < 1.29 is 9.21 Å². The lowest BCUT2D eigenvalue weighted by atomic mass is 10.1. The van der Waals surface area contributed by atoms with Crippen LogP contribution >= 0.6 is 0 Å². The summed E-state index contributed by atoms with van der Waals surface area (Å²) in [5.41, 5.74) is 0.0609. The predicted molar refractivity (Wildman–Crippen MR) is 97.5 cm³/mol. The van der Waals surface area contributed by atoms with E-state index in [1.807, 2.05) is 0 Å². The number of carbonyl (C=O) groups excluding carboxylic acids is 1. The fourth-order valence-electron chi connectivity index (χ4n) is 3.01. The van der Waals surface area contributed by atoms with Crippen molar-refractivity contribution >= 4 is 27.9 Å². The summed E-state index contributed by atoms with van der Waals surface area (Å²) >= 11 is 0. The van der Waals surface area contributed by atoms with Crippen LogP contribution in [-0.2, 0) is 6.54 Å². The van der Waals surface area contributed by atoms with Gasteiger partial charge in [-0.25, -0.2) is 9.97 Å². The number of rotatable bonds is 3. The van der Waals surface area contributed by atoms with E-state index in [4.69, 9.17) is 4.42 Å². The van der Waals surface area contributed by atoms with Crippen LogP contribution in [0.1, 0.15) is 21.9 Å².